The first-order valence-electron chi connectivity index (χ1n) is 6.39. The summed E-state index contributed by atoms with van der Waals surface area (Å²) in [6, 6.07) is 5.05. The van der Waals surface area contributed by atoms with Gasteiger partial charge in [0.25, 0.3) is 5.91 Å². The van der Waals surface area contributed by atoms with Crippen LogP contribution in [0.5, 0.6) is 5.75 Å². The molecule has 2 heterocycles. The summed E-state index contributed by atoms with van der Waals surface area (Å²) >= 11 is 0. The van der Waals surface area contributed by atoms with Crippen molar-refractivity contribution >= 4 is 5.91 Å². The molecule has 3 atom stereocenters. The monoisotopic (exact) mass is 247 g/mol. The highest BCUT2D eigenvalue weighted by Crippen LogP contribution is 2.34. The molecule has 4 nitrogen and oxygen atoms in total. The number of aryl methyl sites for hydroxylation is 1. The summed E-state index contributed by atoms with van der Waals surface area (Å²) in [5.41, 5.74) is 1.31. The van der Waals surface area contributed by atoms with Crippen molar-refractivity contribution in [1.29, 1.82) is 0 Å². The van der Waals surface area contributed by atoms with Crippen LogP contribution in [0.3, 0.4) is 0 Å². The third-order valence-corrected chi connectivity index (χ3v) is 3.88. The summed E-state index contributed by atoms with van der Waals surface area (Å²) in [5.74, 6) is 0.133. The zero-order valence-corrected chi connectivity index (χ0v) is 10.3. The van der Waals surface area contributed by atoms with Crippen LogP contribution in [-0.4, -0.2) is 29.3 Å². The molecule has 4 heteroatoms. The molecule has 2 aliphatic rings. The first kappa shape index (κ1) is 11.5. The Morgan fingerprint density at radius 2 is 2.28 bits per heavy atom. The van der Waals surface area contributed by atoms with Gasteiger partial charge in [0.15, 0.2) is 0 Å². The highest BCUT2D eigenvalue weighted by atomic mass is 16.5. The molecule has 0 aliphatic carbocycles. The van der Waals surface area contributed by atoms with Crippen LogP contribution in [-0.2, 0) is 4.74 Å². The third kappa shape index (κ3) is 1.97. The molecule has 0 aromatic heterocycles. The number of ether oxygens (including phenoxy) is 1. The second kappa shape index (κ2) is 4.28. The number of hydrogen-bond donors (Lipinski definition) is 2. The van der Waals surface area contributed by atoms with E-state index in [9.17, 15) is 9.90 Å². The van der Waals surface area contributed by atoms with Crippen molar-refractivity contribution in [2.24, 2.45) is 0 Å². The predicted octanol–water partition coefficient (Wildman–Crippen LogP) is 1.75. The fraction of sp³-hybridized carbons (Fsp3) is 0.500. The number of carbonyl (C=O) groups is 1. The van der Waals surface area contributed by atoms with Gasteiger partial charge in [-0.05, 0) is 49.9 Å². The van der Waals surface area contributed by atoms with Gasteiger partial charge >= 0.3 is 0 Å². The zero-order valence-electron chi connectivity index (χ0n) is 10.3. The first-order chi connectivity index (χ1) is 8.63. The van der Waals surface area contributed by atoms with E-state index >= 15 is 0 Å². The number of carbonyl (C=O) groups excluding carboxylic acids is 1. The van der Waals surface area contributed by atoms with E-state index in [0.29, 0.717) is 17.2 Å². The highest BCUT2D eigenvalue weighted by Gasteiger charge is 2.41. The van der Waals surface area contributed by atoms with Crippen LogP contribution in [0.4, 0.5) is 0 Å². The second-order valence-corrected chi connectivity index (χ2v) is 5.19. The molecule has 2 N–H and O–H groups in total. The lowest BCUT2D eigenvalue weighted by Crippen LogP contribution is -2.41. The van der Waals surface area contributed by atoms with E-state index in [0.717, 1.165) is 19.3 Å². The Bertz CT molecular complexity index is 486. The highest BCUT2D eigenvalue weighted by molar-refractivity contribution is 5.94. The van der Waals surface area contributed by atoms with E-state index in [1.54, 1.807) is 25.1 Å². The average molecular weight is 247 g/mol. The van der Waals surface area contributed by atoms with Crippen LogP contribution in [0, 0.1) is 6.92 Å². The Morgan fingerprint density at radius 3 is 2.89 bits per heavy atom. The molecular weight excluding hydrogens is 230 g/mol. The summed E-state index contributed by atoms with van der Waals surface area (Å²) in [6.45, 7) is 1.78. The zero-order chi connectivity index (χ0) is 12.7. The van der Waals surface area contributed by atoms with Gasteiger partial charge < -0.3 is 15.2 Å². The minimum absolute atomic E-state index is 0.0840. The van der Waals surface area contributed by atoms with Crippen molar-refractivity contribution in [3.8, 4) is 5.75 Å². The van der Waals surface area contributed by atoms with Crippen LogP contribution >= 0.6 is 0 Å². The third-order valence-electron chi connectivity index (χ3n) is 3.88. The summed E-state index contributed by atoms with van der Waals surface area (Å²) < 4.78 is 5.71. The SMILES string of the molecule is Cc1cc(C(=O)NC2CC3CCC2O3)ccc1O. The van der Waals surface area contributed by atoms with Crippen LogP contribution in [0.25, 0.3) is 0 Å². The Morgan fingerprint density at radius 1 is 1.44 bits per heavy atom. The van der Waals surface area contributed by atoms with Crippen molar-refractivity contribution in [2.75, 3.05) is 0 Å². The van der Waals surface area contributed by atoms with Gasteiger partial charge in [0.1, 0.15) is 5.75 Å². The number of amides is 1. The fourth-order valence-electron chi connectivity index (χ4n) is 2.84. The van der Waals surface area contributed by atoms with Gasteiger partial charge in [-0.1, -0.05) is 0 Å². The predicted molar refractivity (Wildman–Crippen MR) is 66.6 cm³/mol. The molecule has 2 fully saturated rings. The maximum Gasteiger partial charge on any atom is 0.251 e. The van der Waals surface area contributed by atoms with Crippen molar-refractivity contribution in [2.45, 2.75) is 44.4 Å². The van der Waals surface area contributed by atoms with Crippen LogP contribution < -0.4 is 5.32 Å². The standard InChI is InChI=1S/C14H17NO3/c1-8-6-9(2-4-12(8)16)14(17)15-11-7-10-3-5-13(11)18-10/h2,4,6,10-11,13,16H,3,5,7H2,1H3,(H,15,17). The topological polar surface area (TPSA) is 58.6 Å². The van der Waals surface area contributed by atoms with E-state index < -0.39 is 0 Å². The summed E-state index contributed by atoms with van der Waals surface area (Å²) in [4.78, 5) is 12.1. The largest absolute Gasteiger partial charge is 0.508 e. The number of nitrogens with one attached hydrogen (secondary N) is 1. The number of aromatic hydroxyl groups is 1. The molecular formula is C14H17NO3. The summed E-state index contributed by atoms with van der Waals surface area (Å²) in [6.07, 6.45) is 3.62. The normalized spacial score (nSPS) is 29.5. The van der Waals surface area contributed by atoms with Crippen molar-refractivity contribution in [1.82, 2.24) is 5.32 Å². The van der Waals surface area contributed by atoms with E-state index in [4.69, 9.17) is 4.74 Å². The molecule has 0 radical (unpaired) electrons. The molecule has 3 unspecified atom stereocenters. The lowest BCUT2D eigenvalue weighted by molar-refractivity contribution is 0.0841. The van der Waals surface area contributed by atoms with Crippen molar-refractivity contribution < 1.29 is 14.6 Å². The fourth-order valence-corrected chi connectivity index (χ4v) is 2.84. The van der Waals surface area contributed by atoms with Crippen LogP contribution in [0.15, 0.2) is 18.2 Å². The van der Waals surface area contributed by atoms with Gasteiger partial charge in [-0.3, -0.25) is 4.79 Å². The van der Waals surface area contributed by atoms with Crippen LogP contribution in [0.2, 0.25) is 0 Å². The minimum Gasteiger partial charge on any atom is -0.508 e. The molecule has 3 rings (SSSR count). The van der Waals surface area contributed by atoms with E-state index in [1.165, 1.54) is 0 Å². The Hall–Kier alpha value is -1.55. The maximum atomic E-state index is 12.1. The number of phenolic OH excluding ortho intramolecular Hbond substituents is 1. The smallest absolute Gasteiger partial charge is 0.251 e. The second-order valence-electron chi connectivity index (χ2n) is 5.19. The molecule has 1 aromatic rings. The van der Waals surface area contributed by atoms with E-state index in [1.807, 2.05) is 0 Å². The maximum absolute atomic E-state index is 12.1. The number of phenols is 1. The molecule has 1 aromatic carbocycles. The van der Waals surface area contributed by atoms with Crippen molar-refractivity contribution in [3.05, 3.63) is 29.3 Å². The summed E-state index contributed by atoms with van der Waals surface area (Å²) in [7, 11) is 0. The molecule has 2 bridgehead atoms. The van der Waals surface area contributed by atoms with Gasteiger partial charge in [0, 0.05) is 5.56 Å². The lowest BCUT2D eigenvalue weighted by atomic mass is 9.95. The van der Waals surface area contributed by atoms with Gasteiger partial charge in [-0.15, -0.1) is 0 Å². The summed E-state index contributed by atoms with van der Waals surface area (Å²) in [5, 5.41) is 12.5. The Balaban J connectivity index is 1.69. The number of rotatable bonds is 2. The van der Waals surface area contributed by atoms with Crippen molar-refractivity contribution in [3.63, 3.8) is 0 Å². The molecule has 0 spiro atoms. The molecule has 0 saturated carbocycles. The number of fused-ring (bicyclic) bond motifs is 2. The van der Waals surface area contributed by atoms with Gasteiger partial charge in [-0.25, -0.2) is 0 Å². The van der Waals surface area contributed by atoms with Gasteiger partial charge in [0.2, 0.25) is 0 Å². The van der Waals surface area contributed by atoms with E-state index in [2.05, 4.69) is 5.32 Å². The number of benzene rings is 1. The van der Waals surface area contributed by atoms with Gasteiger partial charge in [-0.2, -0.15) is 0 Å². The lowest BCUT2D eigenvalue weighted by Gasteiger charge is -2.20. The average Bonchev–Trinajstić information content (AvgIpc) is 2.94. The molecule has 2 aliphatic heterocycles. The minimum atomic E-state index is -0.0840. The quantitative estimate of drug-likeness (QED) is 0.837. The molecule has 96 valence electrons. The molecule has 1 amide bonds. The Labute approximate surface area is 106 Å². The number of hydrogen-bond acceptors (Lipinski definition) is 3. The van der Waals surface area contributed by atoms with Crippen LogP contribution in [0.1, 0.15) is 35.2 Å². The van der Waals surface area contributed by atoms with E-state index in [-0.39, 0.29) is 23.8 Å². The molecule has 2 saturated heterocycles. The van der Waals surface area contributed by atoms with Gasteiger partial charge in [0.05, 0.1) is 18.2 Å². The molecule has 18 heavy (non-hydrogen) atoms. The first-order valence-corrected chi connectivity index (χ1v) is 6.39. The Kier molecular flexibility index (Phi) is 2.74.